The van der Waals surface area contributed by atoms with Gasteiger partial charge in [-0.3, -0.25) is 9.78 Å². The maximum Gasteiger partial charge on any atom is 0.270 e. The first-order chi connectivity index (χ1) is 16.9. The highest BCUT2D eigenvalue weighted by atomic mass is 16.5. The lowest BCUT2D eigenvalue weighted by Gasteiger charge is -2.26. The minimum Gasteiger partial charge on any atom is -0.378 e. The first-order valence-electron chi connectivity index (χ1n) is 11.6. The normalized spacial score (nSPS) is 14.1. The summed E-state index contributed by atoms with van der Waals surface area (Å²) in [5.74, 6) is 0.671. The van der Waals surface area contributed by atoms with Crippen LogP contribution in [0.4, 0.5) is 0 Å². The zero-order valence-corrected chi connectivity index (χ0v) is 19.8. The van der Waals surface area contributed by atoms with E-state index in [0.717, 1.165) is 22.0 Å². The lowest BCUT2D eigenvalue weighted by Crippen LogP contribution is -2.40. The zero-order chi connectivity index (χ0) is 24.4. The van der Waals surface area contributed by atoms with Crippen LogP contribution in [0.25, 0.3) is 22.3 Å². The molecule has 3 aromatic heterocycles. The second-order valence-corrected chi connectivity index (χ2v) is 9.21. The van der Waals surface area contributed by atoms with E-state index in [4.69, 9.17) is 9.72 Å². The second-order valence-electron chi connectivity index (χ2n) is 9.21. The number of H-pyrrole nitrogens is 1. The summed E-state index contributed by atoms with van der Waals surface area (Å²) in [5.41, 5.74) is 4.26. The molecule has 0 bridgehead atoms. The number of pyridine rings is 1. The van der Waals surface area contributed by atoms with E-state index < -0.39 is 5.41 Å². The summed E-state index contributed by atoms with van der Waals surface area (Å²) >= 11 is 0. The molecule has 4 aromatic rings. The minimum atomic E-state index is -0.610. The molecule has 1 aliphatic rings. The molecule has 0 radical (unpaired) electrons. The maximum atomic E-state index is 12.8. The summed E-state index contributed by atoms with van der Waals surface area (Å²) in [6, 6.07) is 15.9. The number of fused-ring (bicyclic) bond motifs is 1. The van der Waals surface area contributed by atoms with Gasteiger partial charge in [0.15, 0.2) is 0 Å². The van der Waals surface area contributed by atoms with Crippen LogP contribution in [0.1, 0.15) is 41.3 Å². The van der Waals surface area contributed by atoms with E-state index in [1.807, 2.05) is 55.1 Å². The van der Waals surface area contributed by atoms with Crippen molar-refractivity contribution in [1.82, 2.24) is 24.8 Å². The molecule has 1 aromatic carbocycles. The third kappa shape index (κ3) is 4.77. The van der Waals surface area contributed by atoms with Gasteiger partial charge in [0.05, 0.1) is 36.1 Å². The van der Waals surface area contributed by atoms with Crippen molar-refractivity contribution in [2.75, 3.05) is 26.3 Å². The van der Waals surface area contributed by atoms with Crippen molar-refractivity contribution >= 4 is 16.8 Å². The quantitative estimate of drug-likeness (QED) is 0.478. The molecule has 1 saturated heterocycles. The largest absolute Gasteiger partial charge is 0.378 e. The van der Waals surface area contributed by atoms with Gasteiger partial charge in [0.25, 0.3) is 5.91 Å². The summed E-state index contributed by atoms with van der Waals surface area (Å²) < 4.78 is 5.35. The summed E-state index contributed by atoms with van der Waals surface area (Å²) in [6.45, 7) is 6.14. The Bertz CT molecular complexity index is 1430. The number of rotatable bonds is 5. The summed E-state index contributed by atoms with van der Waals surface area (Å²) in [5, 5.41) is 10.4. The highest BCUT2D eigenvalue weighted by Crippen LogP contribution is 2.26. The molecule has 0 atom stereocenters. The fraction of sp³-hybridized carbons (Fsp3) is 0.296. The van der Waals surface area contributed by atoms with E-state index in [2.05, 4.69) is 27.1 Å². The molecule has 0 unspecified atom stereocenters. The van der Waals surface area contributed by atoms with Crippen LogP contribution in [-0.4, -0.2) is 57.0 Å². The molecule has 35 heavy (non-hydrogen) atoms. The van der Waals surface area contributed by atoms with Crippen molar-refractivity contribution in [3.63, 3.8) is 0 Å². The lowest BCUT2D eigenvalue weighted by atomic mass is 9.86. The SMILES string of the molecule is CC(C)(C#N)c1ccnc(-c2ccnc(Cc3ccc4[nH]c(C(=O)N5CCOCC5)cc4c3)n2)c1. The number of ether oxygens (including phenoxy) is 1. The Hall–Kier alpha value is -4.09. The van der Waals surface area contributed by atoms with Crippen LogP contribution >= 0.6 is 0 Å². The first kappa shape index (κ1) is 22.7. The van der Waals surface area contributed by atoms with Gasteiger partial charge >= 0.3 is 0 Å². The fourth-order valence-corrected chi connectivity index (χ4v) is 4.18. The van der Waals surface area contributed by atoms with Gasteiger partial charge in [0.1, 0.15) is 11.5 Å². The lowest BCUT2D eigenvalue weighted by molar-refractivity contribution is 0.0299. The number of nitrogens with zero attached hydrogens (tertiary/aromatic N) is 5. The van der Waals surface area contributed by atoms with Crippen LogP contribution in [-0.2, 0) is 16.6 Å². The average Bonchev–Trinajstić information content (AvgIpc) is 3.32. The topological polar surface area (TPSA) is 108 Å². The Labute approximate surface area is 203 Å². The van der Waals surface area contributed by atoms with Gasteiger partial charge in [-0.2, -0.15) is 5.26 Å². The molecule has 8 heteroatoms. The number of carbonyl (C=O) groups excluding carboxylic acids is 1. The summed E-state index contributed by atoms with van der Waals surface area (Å²) in [7, 11) is 0. The predicted octanol–water partition coefficient (Wildman–Crippen LogP) is 3.88. The molecule has 5 rings (SSSR count). The van der Waals surface area contributed by atoms with Gasteiger partial charge in [-0.1, -0.05) is 6.07 Å². The number of nitriles is 1. The summed E-state index contributed by atoms with van der Waals surface area (Å²) in [6.07, 6.45) is 3.99. The Morgan fingerprint density at radius 3 is 2.69 bits per heavy atom. The number of nitrogens with one attached hydrogen (secondary N) is 1. The molecule has 0 aliphatic carbocycles. The molecule has 176 valence electrons. The van der Waals surface area contributed by atoms with E-state index >= 15 is 0 Å². The van der Waals surface area contributed by atoms with Crippen LogP contribution in [0.5, 0.6) is 0 Å². The number of hydrogen-bond acceptors (Lipinski definition) is 6. The van der Waals surface area contributed by atoms with E-state index in [-0.39, 0.29) is 5.91 Å². The molecule has 0 spiro atoms. The number of aromatic nitrogens is 4. The van der Waals surface area contributed by atoms with Crippen molar-refractivity contribution in [2.24, 2.45) is 0 Å². The predicted molar refractivity (Wildman–Crippen MR) is 132 cm³/mol. The molecular weight excluding hydrogens is 440 g/mol. The number of benzene rings is 1. The second kappa shape index (κ2) is 9.28. The number of morpholine rings is 1. The molecule has 1 fully saturated rings. The van der Waals surface area contributed by atoms with Gasteiger partial charge in [-0.15, -0.1) is 0 Å². The van der Waals surface area contributed by atoms with Crippen LogP contribution in [0.2, 0.25) is 0 Å². The number of carbonyl (C=O) groups is 1. The zero-order valence-electron chi connectivity index (χ0n) is 19.8. The summed E-state index contributed by atoms with van der Waals surface area (Å²) in [4.78, 5) is 31.5. The van der Waals surface area contributed by atoms with Gasteiger partial charge < -0.3 is 14.6 Å². The third-order valence-corrected chi connectivity index (χ3v) is 6.31. The molecule has 1 N–H and O–H groups in total. The van der Waals surface area contributed by atoms with Crippen molar-refractivity contribution in [1.29, 1.82) is 5.26 Å². The van der Waals surface area contributed by atoms with Gasteiger partial charge in [-0.05, 0) is 61.4 Å². The Morgan fingerprint density at radius 1 is 1.09 bits per heavy atom. The van der Waals surface area contributed by atoms with E-state index in [9.17, 15) is 10.1 Å². The third-order valence-electron chi connectivity index (χ3n) is 6.31. The number of amides is 1. The van der Waals surface area contributed by atoms with E-state index in [1.54, 1.807) is 12.4 Å². The van der Waals surface area contributed by atoms with Gasteiger partial charge in [0.2, 0.25) is 0 Å². The Kier molecular flexibility index (Phi) is 6.01. The smallest absolute Gasteiger partial charge is 0.270 e. The molecular formula is C27H26N6O2. The molecule has 0 saturated carbocycles. The van der Waals surface area contributed by atoms with Gasteiger partial charge in [-0.25, -0.2) is 9.97 Å². The van der Waals surface area contributed by atoms with E-state index in [1.165, 1.54) is 0 Å². The van der Waals surface area contributed by atoms with E-state index in [0.29, 0.717) is 55.6 Å². The average molecular weight is 467 g/mol. The minimum absolute atomic E-state index is 0.00334. The van der Waals surface area contributed by atoms with Crippen molar-refractivity contribution < 1.29 is 9.53 Å². The van der Waals surface area contributed by atoms with Gasteiger partial charge in [0, 0.05) is 42.8 Å². The molecule has 8 nitrogen and oxygen atoms in total. The molecule has 4 heterocycles. The van der Waals surface area contributed by atoms with Crippen LogP contribution < -0.4 is 0 Å². The monoisotopic (exact) mass is 466 g/mol. The first-order valence-corrected chi connectivity index (χ1v) is 11.6. The fourth-order valence-electron chi connectivity index (χ4n) is 4.18. The Balaban J connectivity index is 1.37. The highest BCUT2D eigenvalue weighted by molar-refractivity contribution is 5.98. The van der Waals surface area contributed by atoms with Crippen molar-refractivity contribution in [2.45, 2.75) is 25.7 Å². The highest BCUT2D eigenvalue weighted by Gasteiger charge is 2.21. The van der Waals surface area contributed by atoms with Crippen LogP contribution in [0, 0.1) is 11.3 Å². The van der Waals surface area contributed by atoms with Crippen LogP contribution in [0.3, 0.4) is 0 Å². The number of aromatic amines is 1. The van der Waals surface area contributed by atoms with Crippen molar-refractivity contribution in [3.8, 4) is 17.5 Å². The van der Waals surface area contributed by atoms with Crippen molar-refractivity contribution in [3.05, 3.63) is 77.5 Å². The molecule has 1 amide bonds. The van der Waals surface area contributed by atoms with Crippen LogP contribution in [0.15, 0.2) is 54.9 Å². The number of hydrogen-bond donors (Lipinski definition) is 1. The molecule has 1 aliphatic heterocycles. The Morgan fingerprint density at radius 2 is 1.89 bits per heavy atom. The standard InChI is InChI=1S/C27H26N6O2/c1-27(2,17-28)20-5-7-29-23(16-20)22-6-8-30-25(32-22)14-18-3-4-21-19(13-18)15-24(31-21)26(34)33-9-11-35-12-10-33/h3-8,13,15-16,31H,9-12,14H2,1-2H3. The maximum absolute atomic E-state index is 12.8.